The number of hydrogen-bond acceptors (Lipinski definition) is 3. The number of carbonyl (C=O) groups is 1. The fourth-order valence-electron chi connectivity index (χ4n) is 1.92. The monoisotopic (exact) mass is 241 g/mol. The van der Waals surface area contributed by atoms with Crippen molar-refractivity contribution >= 4 is 11.5 Å². The van der Waals surface area contributed by atoms with Crippen LogP contribution in [0.2, 0.25) is 0 Å². The van der Waals surface area contributed by atoms with E-state index >= 15 is 0 Å². The van der Waals surface area contributed by atoms with E-state index in [9.17, 15) is 4.79 Å². The van der Waals surface area contributed by atoms with Gasteiger partial charge in [0, 0.05) is 11.3 Å². The van der Waals surface area contributed by atoms with Gasteiger partial charge < -0.3 is 10.5 Å². The molecule has 2 rings (SSSR count). The van der Waals surface area contributed by atoms with Gasteiger partial charge in [0.1, 0.15) is 5.75 Å². The highest BCUT2D eigenvalue weighted by molar-refractivity contribution is 6.11. The number of methoxy groups -OCH3 is 1. The highest BCUT2D eigenvalue weighted by atomic mass is 16.5. The second-order valence-electron chi connectivity index (χ2n) is 4.10. The standard InChI is InChI=1S/C15H15NO2/c1-10-9-11(16)7-8-12(10)15(17)13-5-3-4-6-14(13)18-2/h3-9H,16H2,1-2H3. The summed E-state index contributed by atoms with van der Waals surface area (Å²) >= 11 is 0. The highest BCUT2D eigenvalue weighted by Crippen LogP contribution is 2.23. The van der Waals surface area contributed by atoms with Crippen LogP contribution in [-0.2, 0) is 0 Å². The maximum absolute atomic E-state index is 12.4. The maximum Gasteiger partial charge on any atom is 0.197 e. The zero-order valence-corrected chi connectivity index (χ0v) is 10.4. The van der Waals surface area contributed by atoms with Gasteiger partial charge in [-0.1, -0.05) is 12.1 Å². The van der Waals surface area contributed by atoms with Gasteiger partial charge in [-0.15, -0.1) is 0 Å². The van der Waals surface area contributed by atoms with E-state index in [0.717, 1.165) is 5.56 Å². The highest BCUT2D eigenvalue weighted by Gasteiger charge is 2.15. The summed E-state index contributed by atoms with van der Waals surface area (Å²) in [7, 11) is 1.56. The van der Waals surface area contributed by atoms with Crippen LogP contribution in [0, 0.1) is 6.92 Å². The summed E-state index contributed by atoms with van der Waals surface area (Å²) in [5, 5.41) is 0. The molecule has 0 unspecified atom stereocenters. The van der Waals surface area contributed by atoms with Crippen molar-refractivity contribution in [2.45, 2.75) is 6.92 Å². The zero-order chi connectivity index (χ0) is 13.1. The first-order valence-corrected chi connectivity index (χ1v) is 5.67. The van der Waals surface area contributed by atoms with Crippen LogP contribution in [0.25, 0.3) is 0 Å². The van der Waals surface area contributed by atoms with E-state index < -0.39 is 0 Å². The topological polar surface area (TPSA) is 52.3 Å². The average Bonchev–Trinajstić information content (AvgIpc) is 2.38. The lowest BCUT2D eigenvalue weighted by molar-refractivity contribution is 0.103. The van der Waals surface area contributed by atoms with Crippen LogP contribution in [0.1, 0.15) is 21.5 Å². The number of hydrogen-bond donors (Lipinski definition) is 1. The van der Waals surface area contributed by atoms with Gasteiger partial charge in [-0.05, 0) is 42.8 Å². The number of nitrogens with two attached hydrogens (primary N) is 1. The summed E-state index contributed by atoms with van der Waals surface area (Å²) in [6.07, 6.45) is 0. The molecule has 0 heterocycles. The first-order valence-electron chi connectivity index (χ1n) is 5.67. The molecule has 0 aliphatic heterocycles. The van der Waals surface area contributed by atoms with Crippen molar-refractivity contribution < 1.29 is 9.53 Å². The number of aryl methyl sites for hydroxylation is 1. The van der Waals surface area contributed by atoms with E-state index in [1.165, 1.54) is 0 Å². The van der Waals surface area contributed by atoms with Crippen molar-refractivity contribution in [1.82, 2.24) is 0 Å². The number of carbonyl (C=O) groups excluding carboxylic acids is 1. The minimum absolute atomic E-state index is 0.0510. The minimum Gasteiger partial charge on any atom is -0.496 e. The third-order valence-corrected chi connectivity index (χ3v) is 2.85. The zero-order valence-electron chi connectivity index (χ0n) is 10.4. The van der Waals surface area contributed by atoms with E-state index in [0.29, 0.717) is 22.6 Å². The number of anilines is 1. The Bertz CT molecular complexity index is 591. The molecule has 0 fully saturated rings. The Morgan fingerprint density at radius 2 is 1.83 bits per heavy atom. The molecule has 0 saturated carbocycles. The molecule has 0 spiro atoms. The second-order valence-corrected chi connectivity index (χ2v) is 4.10. The number of ketones is 1. The number of nitrogen functional groups attached to an aromatic ring is 1. The Hall–Kier alpha value is -2.29. The summed E-state index contributed by atoms with van der Waals surface area (Å²) in [6, 6.07) is 12.5. The molecule has 3 heteroatoms. The Kier molecular flexibility index (Phi) is 3.33. The molecule has 0 bridgehead atoms. The number of para-hydroxylation sites is 1. The van der Waals surface area contributed by atoms with E-state index in [2.05, 4.69) is 0 Å². The molecule has 18 heavy (non-hydrogen) atoms. The van der Waals surface area contributed by atoms with Gasteiger partial charge in [0.05, 0.1) is 12.7 Å². The van der Waals surface area contributed by atoms with Gasteiger partial charge in [-0.3, -0.25) is 4.79 Å². The third-order valence-electron chi connectivity index (χ3n) is 2.85. The molecule has 0 aromatic heterocycles. The molecule has 2 aromatic rings. The number of ether oxygens (including phenoxy) is 1. The molecule has 3 nitrogen and oxygen atoms in total. The first-order chi connectivity index (χ1) is 8.63. The van der Waals surface area contributed by atoms with Crippen LogP contribution in [0.4, 0.5) is 5.69 Å². The molecule has 0 aliphatic carbocycles. The van der Waals surface area contributed by atoms with E-state index in [1.807, 2.05) is 19.1 Å². The summed E-state index contributed by atoms with van der Waals surface area (Å²) in [6.45, 7) is 1.87. The maximum atomic E-state index is 12.4. The summed E-state index contributed by atoms with van der Waals surface area (Å²) in [5.74, 6) is 0.531. The summed E-state index contributed by atoms with van der Waals surface area (Å²) < 4.78 is 5.21. The van der Waals surface area contributed by atoms with Crippen LogP contribution in [0.5, 0.6) is 5.75 Å². The lowest BCUT2D eigenvalue weighted by Crippen LogP contribution is -2.06. The molecular weight excluding hydrogens is 226 g/mol. The quantitative estimate of drug-likeness (QED) is 0.664. The Morgan fingerprint density at radius 1 is 1.11 bits per heavy atom. The van der Waals surface area contributed by atoms with Crippen LogP contribution < -0.4 is 10.5 Å². The van der Waals surface area contributed by atoms with E-state index in [-0.39, 0.29) is 5.78 Å². The van der Waals surface area contributed by atoms with Crippen molar-refractivity contribution in [2.24, 2.45) is 0 Å². The van der Waals surface area contributed by atoms with Gasteiger partial charge in [0.25, 0.3) is 0 Å². The normalized spacial score (nSPS) is 10.1. The van der Waals surface area contributed by atoms with Gasteiger partial charge in [0.2, 0.25) is 0 Å². The van der Waals surface area contributed by atoms with Gasteiger partial charge in [-0.2, -0.15) is 0 Å². The van der Waals surface area contributed by atoms with Crippen molar-refractivity contribution in [3.63, 3.8) is 0 Å². The van der Waals surface area contributed by atoms with Gasteiger partial charge in [0.15, 0.2) is 5.78 Å². The molecule has 0 aliphatic rings. The van der Waals surface area contributed by atoms with E-state index in [4.69, 9.17) is 10.5 Å². The van der Waals surface area contributed by atoms with Crippen molar-refractivity contribution in [3.8, 4) is 5.75 Å². The Morgan fingerprint density at radius 3 is 2.50 bits per heavy atom. The molecule has 2 aromatic carbocycles. The average molecular weight is 241 g/mol. The number of rotatable bonds is 3. The van der Waals surface area contributed by atoms with Crippen LogP contribution in [-0.4, -0.2) is 12.9 Å². The van der Waals surface area contributed by atoms with Crippen LogP contribution in [0.3, 0.4) is 0 Å². The fourth-order valence-corrected chi connectivity index (χ4v) is 1.92. The number of benzene rings is 2. The fraction of sp³-hybridized carbons (Fsp3) is 0.133. The first kappa shape index (κ1) is 12.2. The minimum atomic E-state index is -0.0510. The Balaban J connectivity index is 2.48. The van der Waals surface area contributed by atoms with Crippen molar-refractivity contribution in [3.05, 3.63) is 59.2 Å². The lowest BCUT2D eigenvalue weighted by atomic mass is 9.98. The molecule has 0 atom stereocenters. The molecule has 2 N–H and O–H groups in total. The van der Waals surface area contributed by atoms with E-state index in [1.54, 1.807) is 37.4 Å². The summed E-state index contributed by atoms with van der Waals surface area (Å²) in [5.41, 5.74) is 8.42. The van der Waals surface area contributed by atoms with Gasteiger partial charge in [-0.25, -0.2) is 0 Å². The molecular formula is C15H15NO2. The third kappa shape index (κ3) is 2.20. The molecule has 0 radical (unpaired) electrons. The molecule has 0 amide bonds. The molecule has 0 saturated heterocycles. The van der Waals surface area contributed by atoms with Crippen molar-refractivity contribution in [1.29, 1.82) is 0 Å². The predicted molar refractivity (Wildman–Crippen MR) is 72.0 cm³/mol. The summed E-state index contributed by atoms with van der Waals surface area (Å²) in [4.78, 5) is 12.4. The van der Waals surface area contributed by atoms with Crippen molar-refractivity contribution in [2.75, 3.05) is 12.8 Å². The predicted octanol–water partition coefficient (Wildman–Crippen LogP) is 2.82. The van der Waals surface area contributed by atoms with Crippen LogP contribution >= 0.6 is 0 Å². The smallest absolute Gasteiger partial charge is 0.197 e. The SMILES string of the molecule is COc1ccccc1C(=O)c1ccc(N)cc1C. The van der Waals surface area contributed by atoms with Crippen LogP contribution in [0.15, 0.2) is 42.5 Å². The van der Waals surface area contributed by atoms with Gasteiger partial charge >= 0.3 is 0 Å². The lowest BCUT2D eigenvalue weighted by Gasteiger charge is -2.09. The Labute approximate surface area is 106 Å². The second kappa shape index (κ2) is 4.92. The molecule has 92 valence electrons. The largest absolute Gasteiger partial charge is 0.496 e.